The van der Waals surface area contributed by atoms with Crippen LogP contribution in [0.5, 0.6) is 0 Å². The summed E-state index contributed by atoms with van der Waals surface area (Å²) in [5, 5.41) is 8.85. The topological polar surface area (TPSA) is 54.6 Å². The van der Waals surface area contributed by atoms with Crippen LogP contribution in [0.15, 0.2) is 24.5 Å². The van der Waals surface area contributed by atoms with Gasteiger partial charge in [-0.1, -0.05) is 0 Å². The summed E-state index contributed by atoms with van der Waals surface area (Å²) in [7, 11) is 0. The third-order valence-electron chi connectivity index (χ3n) is 1.99. The Morgan fingerprint density at radius 2 is 2.38 bits per heavy atom. The molecule has 0 saturated carbocycles. The first-order valence-corrected chi connectivity index (χ1v) is 3.86. The highest BCUT2D eigenvalue weighted by Gasteiger charge is 2.09. The Morgan fingerprint density at radius 1 is 1.62 bits per heavy atom. The minimum absolute atomic E-state index is 0.281. The monoisotopic (exact) mass is 176 g/mol. The summed E-state index contributed by atoms with van der Waals surface area (Å²) in [5.41, 5.74) is 0.913. The molecule has 0 spiro atoms. The van der Waals surface area contributed by atoms with E-state index in [0.29, 0.717) is 5.52 Å². The van der Waals surface area contributed by atoms with Gasteiger partial charge in [0.1, 0.15) is 5.82 Å². The summed E-state index contributed by atoms with van der Waals surface area (Å²) in [5.74, 6) is -0.136. The van der Waals surface area contributed by atoms with E-state index in [1.807, 2.05) is 6.92 Å². The molecule has 0 amide bonds. The second kappa shape index (κ2) is 2.58. The van der Waals surface area contributed by atoms with Crippen molar-refractivity contribution in [1.29, 1.82) is 0 Å². The van der Waals surface area contributed by atoms with E-state index in [9.17, 15) is 4.79 Å². The molecule has 0 saturated heterocycles. The molecule has 0 bridgehead atoms. The molecule has 4 nitrogen and oxygen atoms in total. The first kappa shape index (κ1) is 7.79. The van der Waals surface area contributed by atoms with E-state index in [-0.39, 0.29) is 5.56 Å². The Balaban J connectivity index is 2.84. The number of fused-ring (bicyclic) bond motifs is 1. The summed E-state index contributed by atoms with van der Waals surface area (Å²) >= 11 is 0. The molecule has 0 atom stereocenters. The highest BCUT2D eigenvalue weighted by atomic mass is 16.4. The Bertz CT molecular complexity index is 473. The predicted molar refractivity (Wildman–Crippen MR) is 46.9 cm³/mol. The van der Waals surface area contributed by atoms with Gasteiger partial charge in [-0.2, -0.15) is 0 Å². The van der Waals surface area contributed by atoms with Crippen LogP contribution in [-0.4, -0.2) is 20.5 Å². The number of imidazole rings is 1. The Morgan fingerprint density at radius 3 is 3.08 bits per heavy atom. The molecule has 2 aromatic rings. The zero-order valence-electron chi connectivity index (χ0n) is 7.06. The fraction of sp³-hybridized carbons (Fsp3) is 0.111. The number of pyridine rings is 1. The van der Waals surface area contributed by atoms with E-state index < -0.39 is 5.97 Å². The summed E-state index contributed by atoms with van der Waals surface area (Å²) in [6.07, 6.45) is 3.36. The lowest BCUT2D eigenvalue weighted by Gasteiger charge is -1.98. The molecule has 4 heteroatoms. The zero-order valence-corrected chi connectivity index (χ0v) is 7.06. The SMILES string of the molecule is Cc1ncc2c(C(=O)O)cccn12. The van der Waals surface area contributed by atoms with E-state index in [1.165, 1.54) is 0 Å². The van der Waals surface area contributed by atoms with Gasteiger partial charge in [-0.25, -0.2) is 9.78 Å². The normalized spacial score (nSPS) is 10.5. The number of carboxylic acids is 1. The van der Waals surface area contributed by atoms with Crippen molar-refractivity contribution in [2.75, 3.05) is 0 Å². The third kappa shape index (κ3) is 1.07. The van der Waals surface area contributed by atoms with Crippen LogP contribution < -0.4 is 0 Å². The van der Waals surface area contributed by atoms with Crippen LogP contribution in [0, 0.1) is 6.92 Å². The molecule has 0 unspecified atom stereocenters. The predicted octanol–water partition coefficient (Wildman–Crippen LogP) is 1.34. The van der Waals surface area contributed by atoms with Gasteiger partial charge in [0.2, 0.25) is 0 Å². The maximum Gasteiger partial charge on any atom is 0.337 e. The fourth-order valence-electron chi connectivity index (χ4n) is 1.33. The second-order valence-corrected chi connectivity index (χ2v) is 2.79. The lowest BCUT2D eigenvalue weighted by Crippen LogP contribution is -1.99. The van der Waals surface area contributed by atoms with Crippen molar-refractivity contribution in [3.63, 3.8) is 0 Å². The molecule has 1 N–H and O–H groups in total. The van der Waals surface area contributed by atoms with Crippen molar-refractivity contribution in [3.8, 4) is 0 Å². The fourth-order valence-corrected chi connectivity index (χ4v) is 1.33. The highest BCUT2D eigenvalue weighted by molar-refractivity contribution is 5.95. The molecule has 0 aliphatic rings. The van der Waals surface area contributed by atoms with E-state index in [0.717, 1.165) is 5.82 Å². The van der Waals surface area contributed by atoms with E-state index in [4.69, 9.17) is 5.11 Å². The second-order valence-electron chi connectivity index (χ2n) is 2.79. The first-order chi connectivity index (χ1) is 6.20. The van der Waals surface area contributed by atoms with Crippen LogP contribution in [0.25, 0.3) is 5.52 Å². The van der Waals surface area contributed by atoms with Gasteiger partial charge in [0, 0.05) is 6.20 Å². The Hall–Kier alpha value is -1.84. The van der Waals surface area contributed by atoms with E-state index in [1.54, 1.807) is 28.9 Å². The van der Waals surface area contributed by atoms with E-state index >= 15 is 0 Å². The number of hydrogen-bond donors (Lipinski definition) is 1. The molecule has 0 aromatic carbocycles. The molecular formula is C9H8N2O2. The molecule has 2 heterocycles. The van der Waals surface area contributed by atoms with Gasteiger partial charge in [-0.05, 0) is 19.1 Å². The Labute approximate surface area is 74.5 Å². The maximum atomic E-state index is 10.8. The summed E-state index contributed by atoms with van der Waals surface area (Å²) in [6.45, 7) is 1.83. The number of hydrogen-bond acceptors (Lipinski definition) is 2. The van der Waals surface area contributed by atoms with Gasteiger partial charge < -0.3 is 9.51 Å². The minimum Gasteiger partial charge on any atom is -0.478 e. The zero-order chi connectivity index (χ0) is 9.42. The van der Waals surface area contributed by atoms with Crippen LogP contribution in [0.1, 0.15) is 16.2 Å². The van der Waals surface area contributed by atoms with Gasteiger partial charge >= 0.3 is 5.97 Å². The molecule has 13 heavy (non-hydrogen) atoms. The average Bonchev–Trinajstić information content (AvgIpc) is 2.48. The van der Waals surface area contributed by atoms with Crippen LogP contribution in [0.3, 0.4) is 0 Å². The average molecular weight is 176 g/mol. The molecule has 2 rings (SSSR count). The van der Waals surface area contributed by atoms with Crippen molar-refractivity contribution in [2.24, 2.45) is 0 Å². The summed E-state index contributed by atoms with van der Waals surface area (Å²) in [4.78, 5) is 14.8. The van der Waals surface area contributed by atoms with Crippen LogP contribution in [0.4, 0.5) is 0 Å². The highest BCUT2D eigenvalue weighted by Crippen LogP contribution is 2.11. The van der Waals surface area contributed by atoms with Crippen LogP contribution >= 0.6 is 0 Å². The molecule has 0 fully saturated rings. The maximum absolute atomic E-state index is 10.8. The first-order valence-electron chi connectivity index (χ1n) is 3.86. The molecule has 0 aliphatic heterocycles. The Kier molecular flexibility index (Phi) is 1.55. The van der Waals surface area contributed by atoms with E-state index in [2.05, 4.69) is 4.98 Å². The van der Waals surface area contributed by atoms with Gasteiger partial charge in [-0.3, -0.25) is 0 Å². The molecule has 2 aromatic heterocycles. The smallest absolute Gasteiger partial charge is 0.337 e. The largest absolute Gasteiger partial charge is 0.478 e. The van der Waals surface area contributed by atoms with Crippen molar-refractivity contribution >= 4 is 11.5 Å². The van der Waals surface area contributed by atoms with Crippen molar-refractivity contribution in [1.82, 2.24) is 9.38 Å². The summed E-state index contributed by atoms with van der Waals surface area (Å²) in [6, 6.07) is 3.27. The van der Waals surface area contributed by atoms with Crippen molar-refractivity contribution in [3.05, 3.63) is 35.9 Å². The van der Waals surface area contributed by atoms with Gasteiger partial charge in [0.05, 0.1) is 17.3 Å². The molecular weight excluding hydrogens is 168 g/mol. The van der Waals surface area contributed by atoms with Crippen LogP contribution in [-0.2, 0) is 0 Å². The van der Waals surface area contributed by atoms with Gasteiger partial charge in [0.15, 0.2) is 0 Å². The number of nitrogens with zero attached hydrogens (tertiary/aromatic N) is 2. The summed E-state index contributed by atoms with van der Waals surface area (Å²) < 4.78 is 1.75. The van der Waals surface area contributed by atoms with Gasteiger partial charge in [-0.15, -0.1) is 0 Å². The molecule has 0 aliphatic carbocycles. The number of aromatic carboxylic acids is 1. The molecule has 66 valence electrons. The van der Waals surface area contributed by atoms with Crippen molar-refractivity contribution in [2.45, 2.75) is 6.92 Å². The lowest BCUT2D eigenvalue weighted by atomic mass is 10.2. The van der Waals surface area contributed by atoms with Crippen LogP contribution in [0.2, 0.25) is 0 Å². The molecule has 0 radical (unpaired) electrons. The third-order valence-corrected chi connectivity index (χ3v) is 1.99. The minimum atomic E-state index is -0.925. The standard InChI is InChI=1S/C9H8N2O2/c1-6-10-5-8-7(9(12)13)3-2-4-11(6)8/h2-5H,1H3,(H,12,13). The lowest BCUT2D eigenvalue weighted by molar-refractivity contribution is 0.0698. The number of rotatable bonds is 1. The van der Waals surface area contributed by atoms with Gasteiger partial charge in [0.25, 0.3) is 0 Å². The van der Waals surface area contributed by atoms with Crippen molar-refractivity contribution < 1.29 is 9.90 Å². The number of aromatic nitrogens is 2. The number of carboxylic acid groups (broad SMARTS) is 1. The number of carbonyl (C=O) groups is 1. The number of aryl methyl sites for hydroxylation is 1. The quantitative estimate of drug-likeness (QED) is 0.713.